The smallest absolute Gasteiger partial charge is 0.393 e. The van der Waals surface area contributed by atoms with Crippen molar-refractivity contribution in [2.24, 2.45) is 10.9 Å². The van der Waals surface area contributed by atoms with Gasteiger partial charge < -0.3 is 51.8 Å². The number of anilines is 4. The third-order valence-corrected chi connectivity index (χ3v) is 15.0. The molecule has 10 amide bonds. The zero-order chi connectivity index (χ0) is 87.6. The lowest BCUT2D eigenvalue weighted by atomic mass is 10.1. The van der Waals surface area contributed by atoms with Gasteiger partial charge in [0.15, 0.2) is 0 Å². The van der Waals surface area contributed by atoms with E-state index in [1.807, 2.05) is 6.07 Å². The van der Waals surface area contributed by atoms with Crippen molar-refractivity contribution in [3.8, 4) is 0 Å². The monoisotopic (exact) mass is 1680 g/mol. The molecule has 0 aliphatic carbocycles. The molecule has 2 aliphatic heterocycles. The van der Waals surface area contributed by atoms with Crippen LogP contribution in [0.1, 0.15) is 103 Å². The van der Waals surface area contributed by atoms with Crippen molar-refractivity contribution in [2.45, 2.75) is 166 Å². The third kappa shape index (κ3) is 36.8. The Balaban J connectivity index is 0.000000462. The molecule has 0 saturated carbocycles. The van der Waals surface area contributed by atoms with Gasteiger partial charge in [0.1, 0.15) is 38.5 Å². The second kappa shape index (κ2) is 41.8. The van der Waals surface area contributed by atoms with Crippen LogP contribution in [0.15, 0.2) is 145 Å². The first-order valence-electron chi connectivity index (χ1n) is 32.9. The minimum absolute atomic E-state index is 0.0764. The molecule has 626 valence electrons. The first kappa shape index (κ1) is 99.2. The number of imide groups is 2. The topological polar surface area (TPSA) is 328 Å². The SMILES string of the molecule is CC1(C)NC(=O)N(c2ccc(CC(F)(F)F)cc2)C1=O.CC1(C)NC(=O)N(c2ccc(CC(F)(F)F)cc2)C1=O.COC(=O)C(C)(C)N.COC(=O)C(C)(C)NC(=O)Nc1ccc(CC(F)(F)F)cc1.COC(=O)C(C)(C)NC(=O)Nc1ccc(CC(F)(F)F)cc1.ClCc1ccnc(Cl)c1.O=Nc1ccc(CC(F)(F)F)cc1. The van der Waals surface area contributed by atoms with Gasteiger partial charge in [0.2, 0.25) is 0 Å². The van der Waals surface area contributed by atoms with E-state index in [4.69, 9.17) is 28.9 Å². The number of alkyl halides is 16. The van der Waals surface area contributed by atoms with Crippen LogP contribution in [0.5, 0.6) is 0 Å². The largest absolute Gasteiger partial charge is 0.468 e. The number of hydrogen-bond acceptors (Lipinski definition) is 16. The normalized spacial score (nSPS) is 13.8. The highest BCUT2D eigenvalue weighted by atomic mass is 35.5. The summed E-state index contributed by atoms with van der Waals surface area (Å²) in [6, 6.07) is 26.9. The Morgan fingerprint density at radius 3 is 0.930 bits per heavy atom. The number of amides is 10. The number of nitroso groups, excluding NO2 is 1. The van der Waals surface area contributed by atoms with E-state index in [0.29, 0.717) is 22.4 Å². The molecule has 0 bridgehead atoms. The molecule has 24 nitrogen and oxygen atoms in total. The molecule has 3 heterocycles. The van der Waals surface area contributed by atoms with Gasteiger partial charge in [-0.3, -0.25) is 14.4 Å². The summed E-state index contributed by atoms with van der Waals surface area (Å²) >= 11 is 11.1. The van der Waals surface area contributed by atoms with E-state index in [9.17, 15) is 114 Å². The van der Waals surface area contributed by atoms with Crippen molar-refractivity contribution in [1.29, 1.82) is 0 Å². The number of urea groups is 4. The van der Waals surface area contributed by atoms with E-state index in [-0.39, 0.29) is 44.9 Å². The van der Waals surface area contributed by atoms with Gasteiger partial charge in [0, 0.05) is 23.5 Å². The van der Waals surface area contributed by atoms with Crippen LogP contribution in [-0.4, -0.2) is 139 Å². The van der Waals surface area contributed by atoms with Gasteiger partial charge >= 0.3 is 72.9 Å². The molecule has 0 unspecified atom stereocenters. The van der Waals surface area contributed by atoms with Crippen LogP contribution < -0.4 is 47.4 Å². The summed E-state index contributed by atoms with van der Waals surface area (Å²) in [4.78, 5) is 120. The van der Waals surface area contributed by atoms with Gasteiger partial charge in [-0.15, -0.1) is 16.5 Å². The van der Waals surface area contributed by atoms with Crippen LogP contribution in [0.25, 0.3) is 0 Å². The summed E-state index contributed by atoms with van der Waals surface area (Å²) in [6.45, 7) is 15.3. The molecule has 6 aromatic rings. The highest BCUT2D eigenvalue weighted by Gasteiger charge is 2.47. The molecule has 0 spiro atoms. The standard InChI is InChI=1S/2C14H17F3N2O3.2C13H13F3N2O2.C8H6F3NO.C6H5Cl2N.C5H11NO2/c2*1-13(2,11(20)22-3)19-12(21)18-10-6-4-9(5-7-10)8-14(15,16)17;2*1-12(2)10(19)18(11(20)17-12)9-5-3-8(4-6-9)7-13(14,15)16;9-8(10,11)5-6-1-3-7(12-13)4-2-6;7-4-5-1-2-9-6(8)3-5;1-5(2,6)4(7)8-3/h2*4-7H,8H2,1-3H3,(H2,18,19,21);2*3-6H,7H2,1-2H3,(H,17,20);1-4H,5H2;1-3H,4H2;6H2,1-3H3. The highest BCUT2D eigenvalue weighted by Crippen LogP contribution is 2.31. The first-order chi connectivity index (χ1) is 52.1. The summed E-state index contributed by atoms with van der Waals surface area (Å²) in [7, 11) is 3.71. The van der Waals surface area contributed by atoms with E-state index in [0.717, 1.165) is 15.4 Å². The predicted molar refractivity (Wildman–Crippen MR) is 392 cm³/mol. The molecular weight excluding hydrogens is 1590 g/mol. The number of esters is 3. The molecule has 114 heavy (non-hydrogen) atoms. The van der Waals surface area contributed by atoms with Gasteiger partial charge in [-0.2, -0.15) is 65.9 Å². The zero-order valence-corrected chi connectivity index (χ0v) is 64.6. The van der Waals surface area contributed by atoms with Gasteiger partial charge in [0.05, 0.1) is 64.8 Å². The average molecular weight is 1680 g/mol. The maximum Gasteiger partial charge on any atom is 0.393 e. The number of ether oxygens (including phenoxy) is 3. The summed E-state index contributed by atoms with van der Waals surface area (Å²) in [5, 5.41) is 17.7. The fraction of sp³-hybridized carbons (Fsp3) is 0.397. The molecule has 8 rings (SSSR count). The minimum atomic E-state index is -4.29. The molecule has 2 fully saturated rings. The Hall–Kier alpha value is -10.8. The number of pyridine rings is 1. The Labute approximate surface area is 654 Å². The first-order valence-corrected chi connectivity index (χ1v) is 33.8. The summed E-state index contributed by atoms with van der Waals surface area (Å²) < 4.78 is 196. The number of nitrogens with two attached hydrogens (primary N) is 1. The van der Waals surface area contributed by atoms with Crippen LogP contribution in [0, 0.1) is 4.91 Å². The molecular formula is C73H82Cl2F15N11O13. The van der Waals surface area contributed by atoms with Gasteiger partial charge in [-0.05, 0) is 181 Å². The van der Waals surface area contributed by atoms with E-state index in [2.05, 4.69) is 56.3 Å². The van der Waals surface area contributed by atoms with Crippen LogP contribution in [0.3, 0.4) is 0 Å². The lowest BCUT2D eigenvalue weighted by Crippen LogP contribution is -2.51. The summed E-state index contributed by atoms with van der Waals surface area (Å²) in [5.41, 5.74) is 2.70. The number of benzene rings is 5. The van der Waals surface area contributed by atoms with Gasteiger partial charge in [0.25, 0.3) is 11.8 Å². The maximum absolute atomic E-state index is 12.2. The van der Waals surface area contributed by atoms with Crippen molar-refractivity contribution in [2.75, 3.05) is 41.8 Å². The van der Waals surface area contributed by atoms with Crippen LogP contribution in [0.4, 0.5) is 113 Å². The van der Waals surface area contributed by atoms with Crippen LogP contribution in [-0.2, 0) is 76.2 Å². The molecule has 41 heteroatoms. The number of nitrogens with zero attached hydrogens (tertiary/aromatic N) is 4. The second-order valence-corrected chi connectivity index (χ2v) is 27.7. The summed E-state index contributed by atoms with van der Waals surface area (Å²) in [6.07, 6.45) is -24.8. The van der Waals surface area contributed by atoms with Crippen molar-refractivity contribution in [3.05, 3.63) is 183 Å². The zero-order valence-electron chi connectivity index (χ0n) is 63.1. The maximum atomic E-state index is 12.2. The Kier molecular flexibility index (Phi) is 36.4. The molecule has 8 N–H and O–H groups in total. The number of aromatic nitrogens is 1. The quantitative estimate of drug-likeness (QED) is 0.00901. The molecule has 5 aromatic carbocycles. The Morgan fingerprint density at radius 1 is 0.456 bits per heavy atom. The number of rotatable bonds is 16. The van der Waals surface area contributed by atoms with Gasteiger partial charge in [-0.1, -0.05) is 72.3 Å². The molecule has 0 atom stereocenters. The van der Waals surface area contributed by atoms with Crippen LogP contribution in [0.2, 0.25) is 5.15 Å². The summed E-state index contributed by atoms with van der Waals surface area (Å²) in [5.74, 6) is -2.02. The van der Waals surface area contributed by atoms with Gasteiger partial charge in [-0.25, -0.2) is 43.6 Å². The number of carbonyl (C=O) groups is 9. The van der Waals surface area contributed by atoms with Crippen molar-refractivity contribution in [3.63, 3.8) is 0 Å². The number of carbonyl (C=O) groups excluding carboxylic acids is 9. The number of nitrogens with one attached hydrogen (secondary N) is 6. The fourth-order valence-electron chi connectivity index (χ4n) is 9.03. The minimum Gasteiger partial charge on any atom is -0.468 e. The predicted octanol–water partition coefficient (Wildman–Crippen LogP) is 16.5. The Bertz CT molecular complexity index is 4020. The van der Waals surface area contributed by atoms with E-state index in [1.54, 1.807) is 53.8 Å². The van der Waals surface area contributed by atoms with Crippen molar-refractivity contribution < 1.29 is 123 Å². The lowest BCUT2D eigenvalue weighted by molar-refractivity contribution is -0.147. The number of halogens is 17. The van der Waals surface area contributed by atoms with E-state index in [1.165, 1.54) is 170 Å². The van der Waals surface area contributed by atoms with E-state index < -0.39 is 145 Å². The molecule has 0 radical (unpaired) electrons. The highest BCUT2D eigenvalue weighted by molar-refractivity contribution is 6.29. The number of methoxy groups -OCH3 is 3. The second-order valence-electron chi connectivity index (χ2n) is 27.1. The number of hydrogen-bond donors (Lipinski definition) is 7. The lowest BCUT2D eigenvalue weighted by Gasteiger charge is -2.23. The molecule has 2 aliphatic rings. The van der Waals surface area contributed by atoms with Crippen LogP contribution >= 0.6 is 23.2 Å². The average Bonchev–Trinajstić information content (AvgIpc) is 1.64. The van der Waals surface area contributed by atoms with E-state index >= 15 is 0 Å². The van der Waals surface area contributed by atoms with Crippen molar-refractivity contribution >= 4 is 105 Å². The van der Waals surface area contributed by atoms with Crippen molar-refractivity contribution in [1.82, 2.24) is 26.3 Å². The molecule has 1 aromatic heterocycles. The molecule has 2 saturated heterocycles. The Morgan fingerprint density at radius 2 is 0.728 bits per heavy atom. The third-order valence-electron chi connectivity index (χ3n) is 14.5. The fourth-order valence-corrected chi connectivity index (χ4v) is 9.39.